The van der Waals surface area contributed by atoms with Crippen LogP contribution in [0.1, 0.15) is 40.9 Å². The molecule has 1 aliphatic rings. The number of hydrogen-bond donors (Lipinski definition) is 2. The number of aliphatic hydroxyl groups is 1. The topological polar surface area (TPSA) is 95.9 Å². The predicted molar refractivity (Wildman–Crippen MR) is 141 cm³/mol. The molecule has 0 bridgehead atoms. The second-order valence-electron chi connectivity index (χ2n) is 9.34. The average Bonchev–Trinajstić information content (AvgIpc) is 3.39. The third kappa shape index (κ3) is 6.73. The number of carbonyl (C=O) groups excluding carboxylic acids is 1. The highest BCUT2D eigenvalue weighted by atomic mass is 32.2. The third-order valence-corrected chi connectivity index (χ3v) is 8.44. The summed E-state index contributed by atoms with van der Waals surface area (Å²) in [4.78, 5) is 14.7. The molecule has 1 aliphatic heterocycles. The first-order valence-corrected chi connectivity index (χ1v) is 14.2. The first-order chi connectivity index (χ1) is 18.9. The van der Waals surface area contributed by atoms with E-state index in [4.69, 9.17) is 4.74 Å². The van der Waals surface area contributed by atoms with E-state index in [1.165, 1.54) is 55.5 Å². The van der Waals surface area contributed by atoms with Crippen LogP contribution in [0.5, 0.6) is 5.75 Å². The second-order valence-corrected chi connectivity index (χ2v) is 11.6. The van der Waals surface area contributed by atoms with E-state index >= 15 is 4.39 Å². The molecule has 12 heteroatoms. The van der Waals surface area contributed by atoms with Crippen LogP contribution in [0.3, 0.4) is 0 Å². The smallest absolute Gasteiger partial charge is 0.416 e. The molecule has 4 rings (SSSR count). The maximum Gasteiger partial charge on any atom is 0.416 e. The molecule has 1 heterocycles. The van der Waals surface area contributed by atoms with Gasteiger partial charge in [0.25, 0.3) is 5.91 Å². The lowest BCUT2D eigenvalue weighted by Crippen LogP contribution is -2.31. The Bertz CT molecular complexity index is 1450. The largest absolute Gasteiger partial charge is 0.489 e. The molecule has 40 heavy (non-hydrogen) atoms. The van der Waals surface area contributed by atoms with Crippen LogP contribution in [0.15, 0.2) is 71.6 Å². The van der Waals surface area contributed by atoms with Gasteiger partial charge >= 0.3 is 6.18 Å². The van der Waals surface area contributed by atoms with Gasteiger partial charge in [-0.15, -0.1) is 0 Å². The van der Waals surface area contributed by atoms with Gasteiger partial charge in [-0.1, -0.05) is 19.1 Å². The number of aliphatic hydroxyl groups excluding tert-OH is 1. The Labute approximate surface area is 229 Å². The van der Waals surface area contributed by atoms with Crippen molar-refractivity contribution >= 4 is 21.4 Å². The number of nitrogens with one attached hydrogen (secondary N) is 1. The van der Waals surface area contributed by atoms with Crippen LogP contribution >= 0.6 is 0 Å². The quantitative estimate of drug-likeness (QED) is 0.355. The summed E-state index contributed by atoms with van der Waals surface area (Å²) in [5.74, 6) is -1.04. The molecule has 2 atom stereocenters. The van der Waals surface area contributed by atoms with E-state index in [-0.39, 0.29) is 33.8 Å². The third-order valence-electron chi connectivity index (χ3n) is 6.69. The molecule has 0 unspecified atom stereocenters. The first kappa shape index (κ1) is 29.3. The van der Waals surface area contributed by atoms with Crippen LogP contribution in [-0.2, 0) is 16.0 Å². The van der Waals surface area contributed by atoms with Crippen molar-refractivity contribution in [2.75, 3.05) is 30.3 Å². The Morgan fingerprint density at radius 2 is 1.77 bits per heavy atom. The minimum atomic E-state index is -4.44. The summed E-state index contributed by atoms with van der Waals surface area (Å²) in [6, 6.07) is 13.4. The SMILES string of the molecule is CCS(=O)(=O)c1ccc([C@H](CO)NC(=O)c2ccc(N3CC[C@H](Oc4ccc(C(F)(F)F)cc4)C3)c(F)c2)cc1. The number of halogens is 4. The molecule has 0 saturated carbocycles. The molecule has 1 fully saturated rings. The van der Waals surface area contributed by atoms with E-state index in [9.17, 15) is 31.5 Å². The summed E-state index contributed by atoms with van der Waals surface area (Å²) >= 11 is 0. The fourth-order valence-electron chi connectivity index (χ4n) is 4.41. The van der Waals surface area contributed by atoms with E-state index in [2.05, 4.69) is 5.32 Å². The first-order valence-electron chi connectivity index (χ1n) is 12.5. The number of rotatable bonds is 9. The summed E-state index contributed by atoms with van der Waals surface area (Å²) in [7, 11) is -3.40. The van der Waals surface area contributed by atoms with Crippen LogP contribution < -0.4 is 15.0 Å². The number of amides is 1. The zero-order valence-electron chi connectivity index (χ0n) is 21.5. The fourth-order valence-corrected chi connectivity index (χ4v) is 5.30. The molecular weight excluding hydrogens is 552 g/mol. The maximum absolute atomic E-state index is 15.0. The van der Waals surface area contributed by atoms with Gasteiger partial charge in [-0.25, -0.2) is 12.8 Å². The van der Waals surface area contributed by atoms with E-state index in [0.29, 0.717) is 25.1 Å². The monoisotopic (exact) mass is 580 g/mol. The van der Waals surface area contributed by atoms with Crippen molar-refractivity contribution in [1.29, 1.82) is 0 Å². The van der Waals surface area contributed by atoms with E-state index in [1.54, 1.807) is 4.90 Å². The van der Waals surface area contributed by atoms with E-state index in [0.717, 1.165) is 18.2 Å². The summed E-state index contributed by atoms with van der Waals surface area (Å²) in [5, 5.41) is 12.4. The maximum atomic E-state index is 15.0. The van der Waals surface area contributed by atoms with E-state index in [1.807, 2.05) is 0 Å². The summed E-state index contributed by atoms with van der Waals surface area (Å²) in [5.41, 5.74) is -0.00739. The molecule has 0 aliphatic carbocycles. The second kappa shape index (κ2) is 11.8. The number of sulfone groups is 1. The Morgan fingerprint density at radius 1 is 1.10 bits per heavy atom. The zero-order valence-corrected chi connectivity index (χ0v) is 22.3. The van der Waals surface area contributed by atoms with Gasteiger partial charge in [-0.2, -0.15) is 13.2 Å². The van der Waals surface area contributed by atoms with E-state index < -0.39 is 46.0 Å². The van der Waals surface area contributed by atoms with Gasteiger partial charge in [0.1, 0.15) is 17.7 Å². The van der Waals surface area contributed by atoms with Crippen LogP contribution in [0.25, 0.3) is 0 Å². The predicted octanol–water partition coefficient (Wildman–Crippen LogP) is 4.76. The van der Waals surface area contributed by atoms with Crippen LogP contribution in [-0.4, -0.2) is 51.0 Å². The number of alkyl halides is 3. The van der Waals surface area contributed by atoms with Gasteiger partial charge in [0.2, 0.25) is 0 Å². The molecule has 2 N–H and O–H groups in total. The van der Waals surface area contributed by atoms with Gasteiger partial charge in [-0.3, -0.25) is 4.79 Å². The highest BCUT2D eigenvalue weighted by molar-refractivity contribution is 7.91. The van der Waals surface area contributed by atoms with Crippen molar-refractivity contribution in [1.82, 2.24) is 5.32 Å². The van der Waals surface area contributed by atoms with Crippen LogP contribution in [0.2, 0.25) is 0 Å². The standard InChI is InChI=1S/C28H28F4N2O5S/c1-2-40(37,38)23-10-3-18(4-11-23)25(17-35)33-27(36)19-5-12-26(24(29)15-19)34-14-13-22(16-34)39-21-8-6-20(7-9-21)28(30,31)32/h3-12,15,22,25,35H,2,13-14,16-17H2,1H3,(H,33,36)/t22-,25-/m0/s1. The molecule has 1 saturated heterocycles. The number of hydrogen-bond acceptors (Lipinski definition) is 6. The van der Waals surface area contributed by atoms with Crippen molar-refractivity contribution in [3.05, 3.63) is 89.2 Å². The van der Waals surface area contributed by atoms with Gasteiger partial charge in [0, 0.05) is 18.5 Å². The van der Waals surface area contributed by atoms with Crippen molar-refractivity contribution < 1.29 is 40.6 Å². The molecule has 0 spiro atoms. The molecule has 214 valence electrons. The van der Waals surface area contributed by atoms with Gasteiger partial charge < -0.3 is 20.1 Å². The Balaban J connectivity index is 1.38. The molecule has 1 amide bonds. The van der Waals surface area contributed by atoms with Crippen molar-refractivity contribution in [2.45, 2.75) is 36.6 Å². The normalized spacial score (nSPS) is 16.6. The van der Waals surface area contributed by atoms with Gasteiger partial charge in [0.15, 0.2) is 9.84 Å². The van der Waals surface area contributed by atoms with Gasteiger partial charge in [0.05, 0.1) is 41.1 Å². The average molecular weight is 581 g/mol. The lowest BCUT2D eigenvalue weighted by atomic mass is 10.1. The highest BCUT2D eigenvalue weighted by Crippen LogP contribution is 2.31. The Morgan fingerprint density at radius 3 is 2.35 bits per heavy atom. The number of benzene rings is 3. The zero-order chi connectivity index (χ0) is 29.1. The number of carbonyl (C=O) groups is 1. The molecule has 3 aromatic carbocycles. The molecular formula is C28H28F4N2O5S. The van der Waals surface area contributed by atoms with Crippen molar-refractivity contribution in [3.63, 3.8) is 0 Å². The van der Waals surface area contributed by atoms with Gasteiger partial charge in [-0.05, 0) is 60.2 Å². The molecule has 0 radical (unpaired) electrons. The lowest BCUT2D eigenvalue weighted by Gasteiger charge is -2.21. The van der Waals surface area contributed by atoms with Crippen LogP contribution in [0, 0.1) is 5.82 Å². The minimum absolute atomic E-state index is 0.0293. The lowest BCUT2D eigenvalue weighted by molar-refractivity contribution is -0.137. The summed E-state index contributed by atoms with van der Waals surface area (Å²) in [6.07, 6.45) is -4.27. The van der Waals surface area contributed by atoms with Crippen molar-refractivity contribution in [3.8, 4) is 5.75 Å². The molecule has 3 aromatic rings. The number of nitrogens with zero attached hydrogens (tertiary/aromatic N) is 1. The molecule has 0 aromatic heterocycles. The number of ether oxygens (including phenoxy) is 1. The Hall–Kier alpha value is -3.64. The minimum Gasteiger partial charge on any atom is -0.489 e. The molecule has 7 nitrogen and oxygen atoms in total. The summed E-state index contributed by atoms with van der Waals surface area (Å²) in [6.45, 7) is 1.83. The fraction of sp³-hybridized carbons (Fsp3) is 0.321. The van der Waals surface area contributed by atoms with Crippen molar-refractivity contribution in [2.24, 2.45) is 0 Å². The Kier molecular flexibility index (Phi) is 8.69. The number of anilines is 1. The summed E-state index contributed by atoms with van der Waals surface area (Å²) < 4.78 is 83.1. The van der Waals surface area contributed by atoms with Crippen LogP contribution in [0.4, 0.5) is 23.2 Å². The highest BCUT2D eigenvalue weighted by Gasteiger charge is 2.31.